The van der Waals surface area contributed by atoms with Crippen molar-refractivity contribution >= 4 is 48.3 Å². The van der Waals surface area contributed by atoms with E-state index in [4.69, 9.17) is 23.5 Å². The number of alkyl halides is 1. The monoisotopic (exact) mass is 288 g/mol. The van der Waals surface area contributed by atoms with Crippen molar-refractivity contribution in [3.8, 4) is 0 Å². The zero-order valence-electron chi connectivity index (χ0n) is 9.35. The van der Waals surface area contributed by atoms with E-state index in [2.05, 4.69) is 4.29 Å². The van der Waals surface area contributed by atoms with Crippen LogP contribution in [0.25, 0.3) is 0 Å². The van der Waals surface area contributed by atoms with Crippen molar-refractivity contribution in [1.82, 2.24) is 0 Å². The van der Waals surface area contributed by atoms with Crippen LogP contribution in [0.15, 0.2) is 60.7 Å². The summed E-state index contributed by atoms with van der Waals surface area (Å²) in [5.74, 6) is -0.719. The number of hydrogen-bond acceptors (Lipinski definition) is 2. The molecule has 0 bridgehead atoms. The van der Waals surface area contributed by atoms with Crippen LogP contribution in [0.4, 0.5) is 0 Å². The van der Waals surface area contributed by atoms with Gasteiger partial charge in [0.05, 0.1) is 0 Å². The van der Waals surface area contributed by atoms with Crippen molar-refractivity contribution in [3.63, 3.8) is 0 Å². The van der Waals surface area contributed by atoms with Gasteiger partial charge < -0.3 is 4.29 Å². The molecule has 2 aromatic carbocycles. The molecule has 0 fully saturated rings. The number of halogens is 2. The van der Waals surface area contributed by atoms with Gasteiger partial charge in [-0.1, -0.05) is 72.3 Å². The van der Waals surface area contributed by atoms with Crippen molar-refractivity contribution in [3.05, 3.63) is 71.8 Å². The summed E-state index contributed by atoms with van der Waals surface area (Å²) in [6, 6.07) is 17.9. The van der Waals surface area contributed by atoms with Crippen molar-refractivity contribution in [2.45, 2.75) is 4.87 Å². The van der Waals surface area contributed by atoms with E-state index in [1.54, 1.807) is 48.5 Å². The summed E-state index contributed by atoms with van der Waals surface area (Å²) in [4.78, 5) is 10.5. The van der Waals surface area contributed by atoms with E-state index in [-0.39, 0.29) is 18.9 Å². The van der Waals surface area contributed by atoms with Crippen LogP contribution in [0.3, 0.4) is 0 Å². The Kier molecular flexibility index (Phi) is 5.97. The molecule has 0 heterocycles. The predicted molar refractivity (Wildman–Crippen MR) is 78.6 cm³/mol. The van der Waals surface area contributed by atoms with Crippen LogP contribution in [0, 0.1) is 0 Å². The topological polar surface area (TPSA) is 26.3 Å². The minimum absolute atomic E-state index is 0. The second-order valence-corrected chi connectivity index (χ2v) is 4.48. The van der Waals surface area contributed by atoms with E-state index in [0.29, 0.717) is 11.1 Å². The Balaban J connectivity index is 0.00000180. The normalized spacial score (nSPS) is 10.4. The van der Waals surface area contributed by atoms with Crippen LogP contribution in [0.2, 0.25) is 0 Å². The number of carbonyl (C=O) groups excluding carboxylic acids is 1. The molecule has 2 aromatic rings. The molecule has 0 spiro atoms. The van der Waals surface area contributed by atoms with Crippen LogP contribution in [-0.2, 0) is 14.0 Å². The molecule has 0 aliphatic rings. The quantitative estimate of drug-likeness (QED) is 0.640. The van der Waals surface area contributed by atoms with E-state index in [1.807, 2.05) is 12.1 Å². The maximum atomic E-state index is 11.9. The second kappa shape index (κ2) is 7.03. The van der Waals surface area contributed by atoms with E-state index in [1.165, 1.54) is 0 Å². The van der Waals surface area contributed by atoms with E-state index in [9.17, 15) is 4.79 Å². The van der Waals surface area contributed by atoms with Gasteiger partial charge >= 0.3 is 24.8 Å². The molecule has 0 unspecified atom stereocenters. The minimum atomic E-state index is -1.43. The summed E-state index contributed by atoms with van der Waals surface area (Å²) in [5, 5.41) is 0. The average Bonchev–Trinajstić information content (AvgIpc) is 2.47. The van der Waals surface area contributed by atoms with Crippen LogP contribution < -0.4 is 0 Å². The third kappa shape index (κ3) is 3.16. The first-order chi connectivity index (χ1) is 8.69. The molecular formula is C14H11Cl2LiO2. The predicted octanol–water partition coefficient (Wildman–Crippen LogP) is 3.22. The third-order valence-electron chi connectivity index (χ3n) is 2.69. The summed E-state index contributed by atoms with van der Waals surface area (Å²) in [6.45, 7) is 0. The fraction of sp³-hybridized carbons (Fsp3) is 0.0714. The van der Waals surface area contributed by atoms with Crippen LogP contribution in [0.1, 0.15) is 11.1 Å². The fourth-order valence-electron chi connectivity index (χ4n) is 1.79. The van der Waals surface area contributed by atoms with Gasteiger partial charge in [-0.05, 0) is 11.1 Å². The zero-order valence-corrected chi connectivity index (χ0v) is 10.9. The second-order valence-electron chi connectivity index (χ2n) is 3.76. The van der Waals surface area contributed by atoms with Crippen LogP contribution >= 0.6 is 23.5 Å². The first kappa shape index (κ1) is 16.1. The van der Waals surface area contributed by atoms with Gasteiger partial charge in [0.1, 0.15) is 11.9 Å². The molecule has 0 aliphatic heterocycles. The summed E-state index contributed by atoms with van der Waals surface area (Å²) < 4.78 is 4.33. The van der Waals surface area contributed by atoms with Crippen LogP contribution in [0.5, 0.6) is 0 Å². The zero-order chi connectivity index (χ0) is 13.0. The van der Waals surface area contributed by atoms with E-state index in [0.717, 1.165) is 0 Å². The molecule has 2 nitrogen and oxygen atoms in total. The molecule has 0 radical (unpaired) electrons. The first-order valence-electron chi connectivity index (χ1n) is 5.32. The summed E-state index contributed by atoms with van der Waals surface area (Å²) >= 11 is 11.7. The molecule has 0 amide bonds. The summed E-state index contributed by atoms with van der Waals surface area (Å²) in [5.41, 5.74) is 1.23. The molecule has 19 heavy (non-hydrogen) atoms. The molecule has 2 rings (SSSR count). The Bertz CT molecular complexity index is 492. The van der Waals surface area contributed by atoms with Crippen molar-refractivity contribution in [1.29, 1.82) is 0 Å². The maximum absolute atomic E-state index is 11.9. The molecule has 0 N–H and O–H groups in total. The summed E-state index contributed by atoms with van der Waals surface area (Å²) in [7, 11) is 0. The number of hydrogen-bond donors (Lipinski definition) is 0. The SMILES string of the molecule is O=C(OCl)C(Cl)(c1ccccc1)c1ccccc1.[LiH]. The molecule has 0 aliphatic carbocycles. The Morgan fingerprint density at radius 1 is 0.895 bits per heavy atom. The third-order valence-corrected chi connectivity index (χ3v) is 3.43. The molecule has 0 saturated heterocycles. The standard InChI is InChI=1S/C14H10Cl2O2.Li.H/c15-14(13(17)18-16,11-7-3-1-4-8-11)12-9-5-2-6-10-12;;/h1-10H;;. The summed E-state index contributed by atoms with van der Waals surface area (Å²) in [6.07, 6.45) is 0. The van der Waals surface area contributed by atoms with Gasteiger partial charge in [-0.25, -0.2) is 4.79 Å². The fourth-order valence-corrected chi connectivity index (χ4v) is 2.24. The average molecular weight is 289 g/mol. The van der Waals surface area contributed by atoms with Crippen molar-refractivity contribution in [2.75, 3.05) is 0 Å². The van der Waals surface area contributed by atoms with Gasteiger partial charge in [-0.15, -0.1) is 0 Å². The van der Waals surface area contributed by atoms with Crippen molar-refractivity contribution in [2.24, 2.45) is 0 Å². The number of rotatable bonds is 3. The van der Waals surface area contributed by atoms with Gasteiger partial charge in [0.15, 0.2) is 4.87 Å². The van der Waals surface area contributed by atoms with Gasteiger partial charge in [-0.2, -0.15) is 0 Å². The Hall–Kier alpha value is -0.913. The molecular weight excluding hydrogens is 278 g/mol. The molecule has 0 aromatic heterocycles. The van der Waals surface area contributed by atoms with Gasteiger partial charge in [0, 0.05) is 0 Å². The van der Waals surface area contributed by atoms with E-state index >= 15 is 0 Å². The Morgan fingerprint density at radius 3 is 1.58 bits per heavy atom. The van der Waals surface area contributed by atoms with Crippen LogP contribution in [-0.4, -0.2) is 24.8 Å². The molecule has 94 valence electrons. The molecule has 0 saturated carbocycles. The number of benzene rings is 2. The first-order valence-corrected chi connectivity index (χ1v) is 6.01. The number of carbonyl (C=O) groups is 1. The molecule has 5 heteroatoms. The Labute approximate surface area is 134 Å². The Morgan fingerprint density at radius 2 is 1.26 bits per heavy atom. The van der Waals surface area contributed by atoms with E-state index < -0.39 is 10.8 Å². The van der Waals surface area contributed by atoms with Gasteiger partial charge in [0.25, 0.3) is 0 Å². The van der Waals surface area contributed by atoms with Crippen molar-refractivity contribution < 1.29 is 9.08 Å². The van der Waals surface area contributed by atoms with Gasteiger partial charge in [-0.3, -0.25) is 0 Å². The molecule has 0 atom stereocenters. The van der Waals surface area contributed by atoms with Gasteiger partial charge in [0.2, 0.25) is 0 Å².